The molecule has 8 heteroatoms. The Bertz CT molecular complexity index is 1010. The van der Waals surface area contributed by atoms with Crippen molar-refractivity contribution < 1.29 is 14.6 Å². The van der Waals surface area contributed by atoms with Crippen LogP contribution in [0.1, 0.15) is 59.7 Å². The molecule has 3 atom stereocenters. The van der Waals surface area contributed by atoms with Crippen LogP contribution in [0.3, 0.4) is 0 Å². The molecule has 1 aliphatic heterocycles. The van der Waals surface area contributed by atoms with Gasteiger partial charge in [-0.2, -0.15) is 0 Å². The highest BCUT2D eigenvalue weighted by atomic mass is 35.5. The summed E-state index contributed by atoms with van der Waals surface area (Å²) in [4.78, 5) is 24.0. The van der Waals surface area contributed by atoms with Crippen LogP contribution in [-0.4, -0.2) is 56.9 Å². The molecule has 1 amide bonds. The normalized spacial score (nSPS) is 23.4. The number of benzene rings is 1. The fourth-order valence-electron chi connectivity index (χ4n) is 4.26. The maximum absolute atomic E-state index is 13.3. The summed E-state index contributed by atoms with van der Waals surface area (Å²) in [5, 5.41) is 19.1. The summed E-state index contributed by atoms with van der Waals surface area (Å²) < 4.78 is 6.01. The topological polar surface area (TPSA) is 99.4 Å². The molecule has 4 rings (SSSR count). The largest absolute Gasteiger partial charge is 0.487 e. The van der Waals surface area contributed by atoms with E-state index in [0.29, 0.717) is 53.0 Å². The first kappa shape index (κ1) is 21.7. The minimum Gasteiger partial charge on any atom is -0.487 e. The van der Waals surface area contributed by atoms with Crippen LogP contribution in [0, 0.1) is 12.3 Å². The lowest BCUT2D eigenvalue weighted by Gasteiger charge is -2.21. The number of carbonyl (C=O) groups excluding carboxylic acids is 1. The molecule has 0 bridgehead atoms. The molecule has 2 aromatic rings. The van der Waals surface area contributed by atoms with Crippen molar-refractivity contribution in [2.45, 2.75) is 57.7 Å². The lowest BCUT2D eigenvalue weighted by atomic mass is 10.1. The summed E-state index contributed by atoms with van der Waals surface area (Å²) in [6.07, 6.45) is 2.27. The molecule has 3 unspecified atom stereocenters. The molecule has 2 fully saturated rings. The number of aryl methyl sites for hydroxylation is 2. The van der Waals surface area contributed by atoms with Gasteiger partial charge in [0.1, 0.15) is 17.7 Å². The van der Waals surface area contributed by atoms with Gasteiger partial charge in [-0.25, -0.2) is 9.97 Å². The van der Waals surface area contributed by atoms with E-state index >= 15 is 0 Å². The number of ether oxygens (including phenoxy) is 1. The molecule has 31 heavy (non-hydrogen) atoms. The molecule has 2 heterocycles. The van der Waals surface area contributed by atoms with Crippen molar-refractivity contribution >= 4 is 23.2 Å². The summed E-state index contributed by atoms with van der Waals surface area (Å²) in [7, 11) is 0. The van der Waals surface area contributed by atoms with E-state index in [2.05, 4.69) is 9.97 Å². The van der Waals surface area contributed by atoms with Crippen molar-refractivity contribution in [3.8, 4) is 5.75 Å². The zero-order valence-electron chi connectivity index (χ0n) is 17.8. The fraction of sp³-hybridized carbons (Fsp3) is 0.478. The zero-order valence-corrected chi connectivity index (χ0v) is 18.5. The van der Waals surface area contributed by atoms with E-state index in [9.17, 15) is 9.90 Å². The third-order valence-corrected chi connectivity index (χ3v) is 6.53. The van der Waals surface area contributed by atoms with Gasteiger partial charge in [-0.05, 0) is 44.7 Å². The number of likely N-dealkylation sites (tertiary alicyclic amines) is 1. The van der Waals surface area contributed by atoms with Gasteiger partial charge in [-0.15, -0.1) is 0 Å². The lowest BCUT2D eigenvalue weighted by Crippen LogP contribution is -2.31. The number of para-hydroxylation sites is 1. The van der Waals surface area contributed by atoms with Crippen molar-refractivity contribution in [3.05, 3.63) is 52.1 Å². The van der Waals surface area contributed by atoms with Crippen LogP contribution in [0.2, 0.25) is 5.02 Å². The van der Waals surface area contributed by atoms with Gasteiger partial charge in [0.25, 0.3) is 5.91 Å². The van der Waals surface area contributed by atoms with Gasteiger partial charge >= 0.3 is 0 Å². The molecular weight excluding hydrogens is 416 g/mol. The second-order valence-electron chi connectivity index (χ2n) is 8.20. The Morgan fingerprint density at radius 3 is 2.81 bits per heavy atom. The van der Waals surface area contributed by atoms with Gasteiger partial charge in [-0.1, -0.05) is 30.7 Å². The highest BCUT2D eigenvalue weighted by Gasteiger charge is 2.36. The average Bonchev–Trinajstić information content (AvgIpc) is 3.35. The van der Waals surface area contributed by atoms with Crippen LogP contribution in [0.25, 0.3) is 0 Å². The highest BCUT2D eigenvalue weighted by molar-refractivity contribution is 6.31. The number of rotatable bonds is 5. The van der Waals surface area contributed by atoms with Crippen LogP contribution in [-0.2, 0) is 6.42 Å². The Morgan fingerprint density at radius 2 is 2.10 bits per heavy atom. The molecule has 2 aliphatic rings. The van der Waals surface area contributed by atoms with E-state index in [4.69, 9.17) is 21.7 Å². The SMILES string of the molecule is CCc1nc(C2CN(C(=O)c3ccccc3OC3CCCC3O)CC2=N)nc(C)c1Cl. The zero-order chi connectivity index (χ0) is 22.1. The Labute approximate surface area is 186 Å². The first-order valence-electron chi connectivity index (χ1n) is 10.7. The first-order chi connectivity index (χ1) is 14.9. The van der Waals surface area contributed by atoms with Crippen molar-refractivity contribution in [2.75, 3.05) is 13.1 Å². The molecule has 164 valence electrons. The van der Waals surface area contributed by atoms with E-state index in [1.807, 2.05) is 19.9 Å². The minimum atomic E-state index is -0.509. The Balaban J connectivity index is 1.55. The van der Waals surface area contributed by atoms with Crippen molar-refractivity contribution in [2.24, 2.45) is 0 Å². The van der Waals surface area contributed by atoms with Gasteiger partial charge in [0, 0.05) is 12.3 Å². The van der Waals surface area contributed by atoms with Crippen LogP contribution in [0.5, 0.6) is 5.75 Å². The average molecular weight is 443 g/mol. The summed E-state index contributed by atoms with van der Waals surface area (Å²) in [5.41, 5.74) is 2.30. The van der Waals surface area contributed by atoms with E-state index < -0.39 is 6.10 Å². The fourth-order valence-corrected chi connectivity index (χ4v) is 4.48. The molecule has 7 nitrogen and oxygen atoms in total. The molecule has 1 saturated carbocycles. The van der Waals surface area contributed by atoms with Gasteiger partial charge in [0.15, 0.2) is 0 Å². The maximum atomic E-state index is 13.3. The third kappa shape index (κ3) is 4.29. The molecule has 1 aromatic carbocycles. The number of carbonyl (C=O) groups is 1. The van der Waals surface area contributed by atoms with Crippen molar-refractivity contribution in [3.63, 3.8) is 0 Å². The van der Waals surface area contributed by atoms with Crippen LogP contribution in [0.4, 0.5) is 0 Å². The van der Waals surface area contributed by atoms with Gasteiger partial charge in [-0.3, -0.25) is 4.79 Å². The van der Waals surface area contributed by atoms with E-state index in [1.165, 1.54) is 0 Å². The monoisotopic (exact) mass is 442 g/mol. The number of aliphatic hydroxyl groups excluding tert-OH is 1. The van der Waals surface area contributed by atoms with Crippen LogP contribution < -0.4 is 4.74 Å². The van der Waals surface area contributed by atoms with Gasteiger partial charge in [0.2, 0.25) is 0 Å². The van der Waals surface area contributed by atoms with Gasteiger partial charge in [0.05, 0.1) is 40.5 Å². The standard InChI is InChI=1S/C23H27ClN4O3/c1-3-17-21(24)13(2)26-22(27-17)15-11-28(12-16(15)25)23(30)14-7-4-5-9-19(14)31-20-10-6-8-18(20)29/h4-5,7,9,15,18,20,25,29H,3,6,8,10-12H2,1-2H3. The molecule has 1 aromatic heterocycles. The molecule has 0 spiro atoms. The second kappa shape index (κ2) is 8.93. The third-order valence-electron chi connectivity index (χ3n) is 6.03. The Morgan fingerprint density at radius 1 is 1.32 bits per heavy atom. The van der Waals surface area contributed by atoms with E-state index in [0.717, 1.165) is 18.5 Å². The molecule has 1 aliphatic carbocycles. The summed E-state index contributed by atoms with van der Waals surface area (Å²) in [6, 6.07) is 7.10. The second-order valence-corrected chi connectivity index (χ2v) is 8.57. The quantitative estimate of drug-likeness (QED) is 0.737. The number of nitrogens with zero attached hydrogens (tertiary/aromatic N) is 3. The summed E-state index contributed by atoms with van der Waals surface area (Å²) >= 11 is 6.29. The number of hydrogen-bond acceptors (Lipinski definition) is 6. The number of amides is 1. The maximum Gasteiger partial charge on any atom is 0.257 e. The number of nitrogens with one attached hydrogen (secondary N) is 1. The van der Waals surface area contributed by atoms with Crippen molar-refractivity contribution in [1.29, 1.82) is 5.41 Å². The number of aromatic nitrogens is 2. The Hall–Kier alpha value is -2.51. The summed E-state index contributed by atoms with van der Waals surface area (Å²) in [5.74, 6) is 0.463. The molecule has 2 N–H and O–H groups in total. The number of halogens is 1. The van der Waals surface area contributed by atoms with E-state index in [1.54, 1.807) is 23.1 Å². The van der Waals surface area contributed by atoms with Crippen LogP contribution >= 0.6 is 11.6 Å². The highest BCUT2D eigenvalue weighted by Crippen LogP contribution is 2.31. The van der Waals surface area contributed by atoms with E-state index in [-0.39, 0.29) is 24.5 Å². The predicted molar refractivity (Wildman–Crippen MR) is 118 cm³/mol. The molecule has 1 saturated heterocycles. The summed E-state index contributed by atoms with van der Waals surface area (Å²) in [6.45, 7) is 4.36. The minimum absolute atomic E-state index is 0.197. The lowest BCUT2D eigenvalue weighted by molar-refractivity contribution is 0.0579. The first-order valence-corrected chi connectivity index (χ1v) is 11.1. The number of aliphatic hydroxyl groups is 1. The molecular formula is C23H27ClN4O3. The molecule has 0 radical (unpaired) electrons. The predicted octanol–water partition coefficient (Wildman–Crippen LogP) is 3.55. The Kier molecular flexibility index (Phi) is 6.25. The van der Waals surface area contributed by atoms with Crippen molar-refractivity contribution in [1.82, 2.24) is 14.9 Å². The van der Waals surface area contributed by atoms with Gasteiger partial charge < -0.3 is 20.2 Å². The number of hydrogen-bond donors (Lipinski definition) is 2. The van der Waals surface area contributed by atoms with Crippen LogP contribution in [0.15, 0.2) is 24.3 Å². The smallest absolute Gasteiger partial charge is 0.257 e.